The van der Waals surface area contributed by atoms with E-state index in [0.717, 1.165) is 23.6 Å². The van der Waals surface area contributed by atoms with Gasteiger partial charge in [-0.2, -0.15) is 5.10 Å². The van der Waals surface area contributed by atoms with E-state index in [0.29, 0.717) is 0 Å². The standard InChI is InChI=1S/C15H17BrN4S/c1-9-6-15-18-8-13(11(3)20(15)19-9)10(2)17-7-12-4-5-14(16)21-12/h4-6,8,10,17H,7H2,1-3H3. The lowest BCUT2D eigenvalue weighted by Crippen LogP contribution is -2.19. The Bertz CT molecular complexity index is 777. The number of nitrogens with one attached hydrogen (secondary N) is 1. The monoisotopic (exact) mass is 364 g/mol. The second-order valence-corrected chi connectivity index (χ2v) is 7.71. The Kier molecular flexibility index (Phi) is 4.10. The summed E-state index contributed by atoms with van der Waals surface area (Å²) in [6.07, 6.45) is 1.95. The molecule has 0 saturated heterocycles. The van der Waals surface area contributed by atoms with Crippen LogP contribution in [0, 0.1) is 13.8 Å². The second kappa shape index (κ2) is 5.87. The summed E-state index contributed by atoms with van der Waals surface area (Å²) in [5.74, 6) is 0. The van der Waals surface area contributed by atoms with E-state index in [4.69, 9.17) is 0 Å². The van der Waals surface area contributed by atoms with Crippen molar-refractivity contribution in [2.45, 2.75) is 33.4 Å². The van der Waals surface area contributed by atoms with Crippen LogP contribution in [0.25, 0.3) is 5.65 Å². The summed E-state index contributed by atoms with van der Waals surface area (Å²) in [6, 6.07) is 6.45. The van der Waals surface area contributed by atoms with Crippen molar-refractivity contribution < 1.29 is 0 Å². The molecule has 3 aromatic rings. The minimum Gasteiger partial charge on any atom is -0.305 e. The second-order valence-electron chi connectivity index (χ2n) is 5.16. The highest BCUT2D eigenvalue weighted by molar-refractivity contribution is 9.11. The molecule has 3 aromatic heterocycles. The first-order chi connectivity index (χ1) is 10.0. The maximum atomic E-state index is 4.50. The van der Waals surface area contributed by atoms with Gasteiger partial charge in [0, 0.05) is 41.0 Å². The molecule has 0 aliphatic heterocycles. The summed E-state index contributed by atoms with van der Waals surface area (Å²) in [6.45, 7) is 7.10. The van der Waals surface area contributed by atoms with Gasteiger partial charge in [0.05, 0.1) is 9.48 Å². The van der Waals surface area contributed by atoms with Crippen molar-refractivity contribution in [2.75, 3.05) is 0 Å². The number of thiophene rings is 1. The molecule has 0 radical (unpaired) electrons. The molecule has 21 heavy (non-hydrogen) atoms. The Balaban J connectivity index is 1.80. The van der Waals surface area contributed by atoms with Crippen LogP contribution in [0.5, 0.6) is 0 Å². The first-order valence-corrected chi connectivity index (χ1v) is 8.45. The van der Waals surface area contributed by atoms with Gasteiger partial charge in [-0.15, -0.1) is 11.3 Å². The normalized spacial score (nSPS) is 13.0. The minimum atomic E-state index is 0.229. The third-order valence-electron chi connectivity index (χ3n) is 3.56. The highest BCUT2D eigenvalue weighted by Gasteiger charge is 2.13. The lowest BCUT2D eigenvalue weighted by molar-refractivity contribution is 0.569. The fourth-order valence-corrected chi connectivity index (χ4v) is 3.85. The molecular formula is C15H17BrN4S. The van der Waals surface area contributed by atoms with Gasteiger partial charge in [0.15, 0.2) is 5.65 Å². The largest absolute Gasteiger partial charge is 0.305 e. The van der Waals surface area contributed by atoms with Gasteiger partial charge in [-0.25, -0.2) is 9.50 Å². The van der Waals surface area contributed by atoms with Gasteiger partial charge in [-0.3, -0.25) is 0 Å². The fourth-order valence-electron chi connectivity index (χ4n) is 2.41. The Morgan fingerprint density at radius 3 is 2.90 bits per heavy atom. The number of aromatic nitrogens is 3. The predicted octanol–water partition coefficient (Wildman–Crippen LogP) is 4.02. The van der Waals surface area contributed by atoms with Crippen LogP contribution in [0.1, 0.15) is 34.8 Å². The van der Waals surface area contributed by atoms with Crippen molar-refractivity contribution in [2.24, 2.45) is 0 Å². The van der Waals surface area contributed by atoms with E-state index in [1.165, 1.54) is 14.2 Å². The van der Waals surface area contributed by atoms with Crippen LogP contribution in [0.2, 0.25) is 0 Å². The molecule has 0 spiro atoms. The van der Waals surface area contributed by atoms with Crippen LogP contribution in [0.15, 0.2) is 28.2 Å². The van der Waals surface area contributed by atoms with Crippen molar-refractivity contribution in [3.8, 4) is 0 Å². The molecule has 1 atom stereocenters. The predicted molar refractivity (Wildman–Crippen MR) is 89.7 cm³/mol. The average Bonchev–Trinajstić information content (AvgIpc) is 3.02. The zero-order chi connectivity index (χ0) is 15.0. The molecule has 0 saturated carbocycles. The van der Waals surface area contributed by atoms with Gasteiger partial charge in [0.1, 0.15) is 0 Å². The average molecular weight is 365 g/mol. The molecular weight excluding hydrogens is 348 g/mol. The van der Waals surface area contributed by atoms with Crippen LogP contribution >= 0.6 is 27.3 Å². The summed E-state index contributed by atoms with van der Waals surface area (Å²) in [5, 5.41) is 8.05. The molecule has 0 aliphatic carbocycles. The Morgan fingerprint density at radius 2 is 2.19 bits per heavy atom. The van der Waals surface area contributed by atoms with E-state index in [1.807, 2.05) is 23.7 Å². The number of fused-ring (bicyclic) bond motifs is 1. The van der Waals surface area contributed by atoms with Crippen molar-refractivity contribution in [1.29, 1.82) is 0 Å². The first kappa shape index (κ1) is 14.7. The lowest BCUT2D eigenvalue weighted by atomic mass is 10.1. The molecule has 1 unspecified atom stereocenters. The Hall–Kier alpha value is -1.24. The van der Waals surface area contributed by atoms with E-state index in [1.54, 1.807) is 11.3 Å². The van der Waals surface area contributed by atoms with E-state index in [2.05, 4.69) is 57.3 Å². The summed E-state index contributed by atoms with van der Waals surface area (Å²) in [7, 11) is 0. The smallest absolute Gasteiger partial charge is 0.155 e. The maximum absolute atomic E-state index is 4.50. The molecule has 4 nitrogen and oxygen atoms in total. The van der Waals surface area contributed by atoms with Crippen LogP contribution in [0.3, 0.4) is 0 Å². The molecule has 3 rings (SSSR count). The van der Waals surface area contributed by atoms with Crippen molar-refractivity contribution in [3.05, 3.63) is 50.0 Å². The van der Waals surface area contributed by atoms with Gasteiger partial charge < -0.3 is 5.32 Å². The van der Waals surface area contributed by atoms with E-state index >= 15 is 0 Å². The molecule has 110 valence electrons. The van der Waals surface area contributed by atoms with E-state index in [-0.39, 0.29) is 6.04 Å². The van der Waals surface area contributed by atoms with Crippen molar-refractivity contribution in [1.82, 2.24) is 19.9 Å². The zero-order valence-electron chi connectivity index (χ0n) is 12.2. The van der Waals surface area contributed by atoms with Gasteiger partial charge >= 0.3 is 0 Å². The zero-order valence-corrected chi connectivity index (χ0v) is 14.6. The van der Waals surface area contributed by atoms with Crippen LogP contribution in [-0.2, 0) is 6.54 Å². The third-order valence-corrected chi connectivity index (χ3v) is 5.19. The summed E-state index contributed by atoms with van der Waals surface area (Å²) >= 11 is 5.25. The van der Waals surface area contributed by atoms with Crippen LogP contribution in [0.4, 0.5) is 0 Å². The van der Waals surface area contributed by atoms with Crippen molar-refractivity contribution >= 4 is 32.9 Å². The number of hydrogen-bond donors (Lipinski definition) is 1. The number of halogens is 1. The van der Waals surface area contributed by atoms with Crippen LogP contribution < -0.4 is 5.32 Å². The first-order valence-electron chi connectivity index (χ1n) is 6.84. The maximum Gasteiger partial charge on any atom is 0.155 e. The fraction of sp³-hybridized carbons (Fsp3) is 0.333. The molecule has 0 amide bonds. The number of nitrogens with zero attached hydrogens (tertiary/aromatic N) is 3. The van der Waals surface area contributed by atoms with Gasteiger partial charge in [-0.1, -0.05) is 0 Å². The third kappa shape index (κ3) is 3.02. The SMILES string of the molecule is Cc1cc2ncc(C(C)NCc3ccc(Br)s3)c(C)n2n1. The molecule has 6 heteroatoms. The molecule has 0 fully saturated rings. The summed E-state index contributed by atoms with van der Waals surface area (Å²) in [4.78, 5) is 5.81. The lowest BCUT2D eigenvalue weighted by Gasteiger charge is -2.16. The number of aryl methyl sites for hydroxylation is 2. The van der Waals surface area contributed by atoms with Crippen molar-refractivity contribution in [3.63, 3.8) is 0 Å². The quantitative estimate of drug-likeness (QED) is 0.759. The molecule has 0 bridgehead atoms. The van der Waals surface area contributed by atoms with Gasteiger partial charge in [0.2, 0.25) is 0 Å². The highest BCUT2D eigenvalue weighted by Crippen LogP contribution is 2.23. The topological polar surface area (TPSA) is 42.2 Å². The Labute approximate surface area is 136 Å². The summed E-state index contributed by atoms with van der Waals surface area (Å²) in [5.41, 5.74) is 4.22. The number of hydrogen-bond acceptors (Lipinski definition) is 4. The molecule has 0 aliphatic rings. The minimum absolute atomic E-state index is 0.229. The summed E-state index contributed by atoms with van der Waals surface area (Å²) < 4.78 is 3.09. The van der Waals surface area contributed by atoms with E-state index in [9.17, 15) is 0 Å². The van der Waals surface area contributed by atoms with Gasteiger partial charge in [0.25, 0.3) is 0 Å². The van der Waals surface area contributed by atoms with Gasteiger partial charge in [-0.05, 0) is 48.8 Å². The Morgan fingerprint density at radius 1 is 1.38 bits per heavy atom. The molecule has 0 aromatic carbocycles. The number of rotatable bonds is 4. The van der Waals surface area contributed by atoms with E-state index < -0.39 is 0 Å². The molecule has 3 heterocycles. The highest BCUT2D eigenvalue weighted by atomic mass is 79.9. The molecule has 1 N–H and O–H groups in total. The van der Waals surface area contributed by atoms with Crippen LogP contribution in [-0.4, -0.2) is 14.6 Å².